The number of para-hydroxylation sites is 1. The van der Waals surface area contributed by atoms with Crippen LogP contribution in [0.1, 0.15) is 30.7 Å². The van der Waals surface area contributed by atoms with Crippen LogP contribution in [0.4, 0.5) is 14.9 Å². The maximum Gasteiger partial charge on any atom is 0.322 e. The van der Waals surface area contributed by atoms with E-state index in [0.29, 0.717) is 41.6 Å². The van der Waals surface area contributed by atoms with E-state index in [0.717, 1.165) is 6.42 Å². The van der Waals surface area contributed by atoms with Gasteiger partial charge < -0.3 is 14.7 Å². The average Bonchev–Trinajstić information content (AvgIpc) is 3.48. The molecule has 2 N–H and O–H groups in total. The first-order chi connectivity index (χ1) is 14.9. The predicted octanol–water partition coefficient (Wildman–Crippen LogP) is 2.92. The summed E-state index contributed by atoms with van der Waals surface area (Å²) in [5, 5.41) is 9.01. The van der Waals surface area contributed by atoms with Gasteiger partial charge in [0.15, 0.2) is 0 Å². The number of anilines is 1. The van der Waals surface area contributed by atoms with E-state index in [2.05, 4.69) is 20.8 Å². The van der Waals surface area contributed by atoms with Crippen molar-refractivity contribution in [1.29, 1.82) is 0 Å². The van der Waals surface area contributed by atoms with Crippen molar-refractivity contribution in [2.45, 2.75) is 24.8 Å². The van der Waals surface area contributed by atoms with Crippen LogP contribution in [0.25, 0.3) is 11.4 Å². The highest BCUT2D eigenvalue weighted by Gasteiger charge is 2.43. The Balaban J connectivity index is 1.37. The summed E-state index contributed by atoms with van der Waals surface area (Å²) in [7, 11) is 0. The first kappa shape index (κ1) is 19.2. The molecule has 2 unspecified atom stereocenters. The molecule has 0 radical (unpaired) electrons. The molecule has 0 saturated carbocycles. The van der Waals surface area contributed by atoms with Crippen molar-refractivity contribution < 1.29 is 18.5 Å². The number of benzene rings is 2. The zero-order valence-corrected chi connectivity index (χ0v) is 16.8. The van der Waals surface area contributed by atoms with E-state index in [-0.39, 0.29) is 11.7 Å². The second-order valence-corrected chi connectivity index (χ2v) is 7.95. The van der Waals surface area contributed by atoms with Gasteiger partial charge in [-0.05, 0) is 37.1 Å². The summed E-state index contributed by atoms with van der Waals surface area (Å²) in [6.07, 6.45) is 0.778. The SMILES string of the molecule is CC1(c2cccc(-c3noc(C4CCN(c5ccccc5F)C4)n3)c2)NC(=O)NC1=O. The lowest BCUT2D eigenvalue weighted by molar-refractivity contribution is -0.123. The molecule has 2 atom stereocenters. The van der Waals surface area contributed by atoms with Crippen LogP contribution in [0, 0.1) is 5.82 Å². The minimum atomic E-state index is -1.16. The second-order valence-electron chi connectivity index (χ2n) is 7.95. The lowest BCUT2D eigenvalue weighted by atomic mass is 9.91. The Kier molecular flexibility index (Phi) is 4.46. The molecule has 3 aromatic rings. The Labute approximate surface area is 177 Å². The van der Waals surface area contributed by atoms with Crippen LogP contribution in [0.15, 0.2) is 53.1 Å². The number of hydrogen-bond donors (Lipinski definition) is 2. The number of halogens is 1. The van der Waals surface area contributed by atoms with E-state index < -0.39 is 17.5 Å². The van der Waals surface area contributed by atoms with E-state index in [1.807, 2.05) is 17.0 Å². The molecule has 2 aliphatic heterocycles. The molecule has 2 saturated heterocycles. The van der Waals surface area contributed by atoms with Gasteiger partial charge in [0.05, 0.1) is 11.6 Å². The molecule has 3 heterocycles. The summed E-state index contributed by atoms with van der Waals surface area (Å²) in [5.41, 5.74) is 0.700. The van der Waals surface area contributed by atoms with Crippen molar-refractivity contribution in [3.63, 3.8) is 0 Å². The van der Waals surface area contributed by atoms with E-state index in [1.54, 1.807) is 37.3 Å². The van der Waals surface area contributed by atoms with E-state index in [1.165, 1.54) is 6.07 Å². The number of aromatic nitrogens is 2. The lowest BCUT2D eigenvalue weighted by Gasteiger charge is -2.21. The van der Waals surface area contributed by atoms with Crippen molar-refractivity contribution in [3.8, 4) is 11.4 Å². The molecule has 0 aliphatic carbocycles. The van der Waals surface area contributed by atoms with E-state index in [9.17, 15) is 14.0 Å². The maximum absolute atomic E-state index is 14.1. The Bertz CT molecular complexity index is 1180. The number of nitrogens with zero attached hydrogens (tertiary/aromatic N) is 3. The molecule has 8 nitrogen and oxygen atoms in total. The van der Waals surface area contributed by atoms with E-state index in [4.69, 9.17) is 4.52 Å². The topological polar surface area (TPSA) is 100 Å². The minimum Gasteiger partial charge on any atom is -0.368 e. The average molecular weight is 421 g/mol. The van der Waals surface area contributed by atoms with Crippen LogP contribution < -0.4 is 15.5 Å². The molecule has 1 aromatic heterocycles. The molecule has 158 valence electrons. The molecule has 0 spiro atoms. The first-order valence-corrected chi connectivity index (χ1v) is 10.0. The molecular weight excluding hydrogens is 401 g/mol. The fourth-order valence-electron chi connectivity index (χ4n) is 4.12. The van der Waals surface area contributed by atoms with Crippen LogP contribution in [-0.2, 0) is 10.3 Å². The predicted molar refractivity (Wildman–Crippen MR) is 110 cm³/mol. The molecule has 9 heteroatoms. The number of imide groups is 1. The molecule has 0 bridgehead atoms. The van der Waals surface area contributed by atoms with Crippen LogP contribution in [0.3, 0.4) is 0 Å². The summed E-state index contributed by atoms with van der Waals surface area (Å²) < 4.78 is 19.6. The van der Waals surface area contributed by atoms with Crippen molar-refractivity contribution in [3.05, 3.63) is 65.8 Å². The highest BCUT2D eigenvalue weighted by Crippen LogP contribution is 2.33. The van der Waals surface area contributed by atoms with Gasteiger partial charge in [0, 0.05) is 18.7 Å². The van der Waals surface area contributed by atoms with Crippen LogP contribution in [0.5, 0.6) is 0 Å². The highest BCUT2D eigenvalue weighted by molar-refractivity contribution is 6.07. The fourth-order valence-corrected chi connectivity index (χ4v) is 4.12. The number of carbonyl (C=O) groups is 2. The number of rotatable bonds is 4. The zero-order valence-electron chi connectivity index (χ0n) is 16.8. The van der Waals surface area contributed by atoms with Crippen LogP contribution >= 0.6 is 0 Å². The Morgan fingerprint density at radius 1 is 1.19 bits per heavy atom. The van der Waals surface area contributed by atoms with Gasteiger partial charge in [-0.1, -0.05) is 35.5 Å². The number of carbonyl (C=O) groups excluding carboxylic acids is 2. The number of hydrogen-bond acceptors (Lipinski definition) is 6. The molecule has 5 rings (SSSR count). The number of urea groups is 1. The van der Waals surface area contributed by atoms with Gasteiger partial charge in [0.1, 0.15) is 11.4 Å². The van der Waals surface area contributed by atoms with Crippen LogP contribution in [0.2, 0.25) is 0 Å². The quantitative estimate of drug-likeness (QED) is 0.629. The van der Waals surface area contributed by atoms with Crippen molar-refractivity contribution in [1.82, 2.24) is 20.8 Å². The number of amides is 3. The van der Waals surface area contributed by atoms with Gasteiger partial charge in [-0.15, -0.1) is 0 Å². The second kappa shape index (κ2) is 7.19. The van der Waals surface area contributed by atoms with Gasteiger partial charge in [0.25, 0.3) is 5.91 Å². The lowest BCUT2D eigenvalue weighted by Crippen LogP contribution is -2.40. The van der Waals surface area contributed by atoms with E-state index >= 15 is 0 Å². The third-order valence-corrected chi connectivity index (χ3v) is 5.92. The molecular formula is C22H20FN5O3. The smallest absolute Gasteiger partial charge is 0.322 e. The summed E-state index contributed by atoms with van der Waals surface area (Å²) >= 11 is 0. The molecule has 3 amide bonds. The van der Waals surface area contributed by atoms with Gasteiger partial charge in [-0.2, -0.15) is 4.98 Å². The van der Waals surface area contributed by atoms with Crippen LogP contribution in [-0.4, -0.2) is 35.2 Å². The summed E-state index contributed by atoms with van der Waals surface area (Å²) in [5.74, 6) is 0.235. The standard InChI is InChI=1S/C22H20FN5O3/c1-22(20(29)25-21(30)26-22)15-6-4-5-13(11-15)18-24-19(31-27-18)14-9-10-28(12-14)17-8-3-2-7-16(17)23/h2-8,11,14H,9-10,12H2,1H3,(H2,25,26,29,30). The zero-order chi connectivity index (χ0) is 21.6. The minimum absolute atomic E-state index is 0.00135. The van der Waals surface area contributed by atoms with Gasteiger partial charge in [-0.25, -0.2) is 9.18 Å². The number of nitrogens with one attached hydrogen (secondary N) is 2. The van der Waals surface area contributed by atoms with Crippen molar-refractivity contribution in [2.24, 2.45) is 0 Å². The van der Waals surface area contributed by atoms with Gasteiger partial charge in [0.2, 0.25) is 11.7 Å². The van der Waals surface area contributed by atoms with Gasteiger partial charge in [-0.3, -0.25) is 10.1 Å². The molecule has 31 heavy (non-hydrogen) atoms. The molecule has 2 fully saturated rings. The Morgan fingerprint density at radius 3 is 2.81 bits per heavy atom. The van der Waals surface area contributed by atoms with Crippen molar-refractivity contribution >= 4 is 17.6 Å². The summed E-state index contributed by atoms with van der Waals surface area (Å²) in [6, 6.07) is 13.3. The molecule has 2 aromatic carbocycles. The third kappa shape index (κ3) is 3.31. The van der Waals surface area contributed by atoms with Crippen molar-refractivity contribution in [2.75, 3.05) is 18.0 Å². The normalized spacial score (nSPS) is 23.2. The summed E-state index contributed by atoms with van der Waals surface area (Å²) in [6.45, 7) is 2.93. The highest BCUT2D eigenvalue weighted by atomic mass is 19.1. The molecule has 2 aliphatic rings. The first-order valence-electron chi connectivity index (χ1n) is 10.0. The monoisotopic (exact) mass is 421 g/mol. The van der Waals surface area contributed by atoms with Gasteiger partial charge >= 0.3 is 6.03 Å². The fraction of sp³-hybridized carbons (Fsp3) is 0.273. The Morgan fingerprint density at radius 2 is 2.03 bits per heavy atom. The maximum atomic E-state index is 14.1. The third-order valence-electron chi connectivity index (χ3n) is 5.92. The summed E-state index contributed by atoms with van der Waals surface area (Å²) in [4.78, 5) is 30.3. The largest absolute Gasteiger partial charge is 0.368 e. The Hall–Kier alpha value is -3.75.